The van der Waals surface area contributed by atoms with Crippen LogP contribution in [-0.4, -0.2) is 52.5 Å². The maximum Gasteiger partial charge on any atom is 0.320 e. The Kier molecular flexibility index (Phi) is 8.17. The lowest BCUT2D eigenvalue weighted by Gasteiger charge is -2.32. The molecule has 4 atom stereocenters. The standard InChI is InChI=1S/C28H32ClF2N4O4P/c1-15-22(16-6-8-27(9-7-16)12-21(25(36)37)33-14-27)34-26(32)35-24(15)39-23(28(30,31)40)19-5-4-18(29)11-20(19)17-3-2-10-38-13-17/h3-6,11,21,23,33H,2,7-10,12-14,40H2,1H3,(H,36,37)(H2,32,34,35). The molecule has 1 spiro atoms. The van der Waals surface area contributed by atoms with Crippen LogP contribution in [0.4, 0.5) is 14.7 Å². The minimum Gasteiger partial charge on any atom is -0.480 e. The number of anilines is 1. The van der Waals surface area contributed by atoms with Crippen LogP contribution >= 0.6 is 20.8 Å². The van der Waals surface area contributed by atoms with Gasteiger partial charge in [-0.25, -0.2) is 4.98 Å². The molecule has 1 fully saturated rings. The number of nitrogens with one attached hydrogen (secondary N) is 1. The van der Waals surface area contributed by atoms with Crippen molar-refractivity contribution in [3.8, 4) is 5.88 Å². The smallest absolute Gasteiger partial charge is 0.320 e. The summed E-state index contributed by atoms with van der Waals surface area (Å²) in [5.74, 6) is -0.959. The fraction of sp³-hybridized carbons (Fsp3) is 0.464. The van der Waals surface area contributed by atoms with Crippen LogP contribution in [0.15, 0.2) is 30.4 Å². The molecule has 4 N–H and O–H groups in total. The first-order valence-electron chi connectivity index (χ1n) is 13.2. The zero-order valence-electron chi connectivity index (χ0n) is 22.1. The summed E-state index contributed by atoms with van der Waals surface area (Å²) in [4.78, 5) is 20.1. The van der Waals surface area contributed by atoms with Crippen LogP contribution in [0.3, 0.4) is 0 Å². The average molecular weight is 593 g/mol. The molecule has 4 unspecified atom stereocenters. The Morgan fingerprint density at radius 2 is 2.15 bits per heavy atom. The van der Waals surface area contributed by atoms with Crippen LogP contribution in [0.25, 0.3) is 11.1 Å². The zero-order valence-corrected chi connectivity index (χ0v) is 24.0. The molecule has 1 aromatic carbocycles. The van der Waals surface area contributed by atoms with Crippen LogP contribution in [0, 0.1) is 12.3 Å². The maximum atomic E-state index is 15.2. The Morgan fingerprint density at radius 1 is 1.35 bits per heavy atom. The second kappa shape index (κ2) is 11.3. The highest BCUT2D eigenvalue weighted by Crippen LogP contribution is 2.47. The Labute approximate surface area is 238 Å². The molecule has 1 saturated heterocycles. The van der Waals surface area contributed by atoms with E-state index in [0.29, 0.717) is 60.7 Å². The molecule has 8 nitrogen and oxygen atoms in total. The largest absolute Gasteiger partial charge is 0.480 e. The summed E-state index contributed by atoms with van der Waals surface area (Å²) in [7, 11) is 1.57. The maximum absolute atomic E-state index is 15.2. The highest BCUT2D eigenvalue weighted by Gasteiger charge is 2.43. The fourth-order valence-corrected chi connectivity index (χ4v) is 6.20. The third-order valence-corrected chi connectivity index (χ3v) is 8.46. The van der Waals surface area contributed by atoms with E-state index in [4.69, 9.17) is 26.8 Å². The molecular formula is C28H32ClF2N4O4P. The van der Waals surface area contributed by atoms with Crippen molar-refractivity contribution in [2.24, 2.45) is 5.41 Å². The summed E-state index contributed by atoms with van der Waals surface area (Å²) in [6.45, 7) is 3.20. The number of ether oxygens (including phenoxy) is 2. The molecule has 5 rings (SSSR count). The van der Waals surface area contributed by atoms with Crippen molar-refractivity contribution in [3.63, 3.8) is 0 Å². The monoisotopic (exact) mass is 592 g/mol. The van der Waals surface area contributed by atoms with E-state index in [1.165, 1.54) is 0 Å². The van der Waals surface area contributed by atoms with E-state index < -0.39 is 23.8 Å². The molecule has 0 radical (unpaired) electrons. The van der Waals surface area contributed by atoms with Gasteiger partial charge in [0.2, 0.25) is 11.8 Å². The Morgan fingerprint density at radius 3 is 2.77 bits per heavy atom. The molecule has 3 heterocycles. The SMILES string of the molecule is Cc1c(OC(c2ccc(Cl)cc2C2=CCCOC2)C(F)(F)P)nc(N)nc1C1=CCC2(CC1)CNC(C(=O)O)C2. The van der Waals surface area contributed by atoms with Gasteiger partial charge in [0.15, 0.2) is 6.10 Å². The third kappa shape index (κ3) is 6.00. The highest BCUT2D eigenvalue weighted by molar-refractivity contribution is 7.18. The first kappa shape index (κ1) is 28.9. The second-order valence-corrected chi connectivity index (χ2v) is 12.0. The van der Waals surface area contributed by atoms with Gasteiger partial charge in [0, 0.05) is 22.7 Å². The van der Waals surface area contributed by atoms with Crippen LogP contribution < -0.4 is 15.8 Å². The molecule has 0 saturated carbocycles. The Bertz CT molecular complexity index is 1380. The van der Waals surface area contributed by atoms with Crippen LogP contribution in [0.5, 0.6) is 5.88 Å². The van der Waals surface area contributed by atoms with E-state index in [-0.39, 0.29) is 29.4 Å². The van der Waals surface area contributed by atoms with Crippen molar-refractivity contribution in [3.05, 3.63) is 57.8 Å². The van der Waals surface area contributed by atoms with Crippen LogP contribution in [0.2, 0.25) is 5.02 Å². The van der Waals surface area contributed by atoms with Crippen molar-refractivity contribution < 1.29 is 28.2 Å². The van der Waals surface area contributed by atoms with Crippen LogP contribution in [0.1, 0.15) is 60.6 Å². The second-order valence-electron chi connectivity index (χ2n) is 10.7. The number of aromatic nitrogens is 2. The van der Waals surface area contributed by atoms with E-state index in [1.807, 2.05) is 12.2 Å². The lowest BCUT2D eigenvalue weighted by molar-refractivity contribution is -0.139. The van der Waals surface area contributed by atoms with E-state index in [2.05, 4.69) is 15.3 Å². The number of nitrogens with two attached hydrogens (primary N) is 1. The number of benzene rings is 1. The summed E-state index contributed by atoms with van der Waals surface area (Å²) >= 11 is 6.26. The zero-order chi connectivity index (χ0) is 28.7. The van der Waals surface area contributed by atoms with Crippen molar-refractivity contribution >= 4 is 43.9 Å². The predicted octanol–water partition coefficient (Wildman–Crippen LogP) is 5.41. The minimum atomic E-state index is -3.36. The van der Waals surface area contributed by atoms with Crippen molar-refractivity contribution in [2.45, 2.75) is 56.8 Å². The van der Waals surface area contributed by atoms with E-state index in [0.717, 1.165) is 17.6 Å². The number of halogens is 3. The van der Waals surface area contributed by atoms with Crippen LogP contribution in [-0.2, 0) is 9.53 Å². The fourth-order valence-electron chi connectivity index (χ4n) is 5.78. The molecule has 12 heteroatoms. The minimum absolute atomic E-state index is 0.0286. The average Bonchev–Trinajstić information content (AvgIpc) is 3.33. The van der Waals surface area contributed by atoms with Crippen molar-refractivity contribution in [1.29, 1.82) is 0 Å². The summed E-state index contributed by atoms with van der Waals surface area (Å²) in [6.07, 6.45) is 5.60. The van der Waals surface area contributed by atoms with Gasteiger partial charge in [-0.2, -0.15) is 13.8 Å². The van der Waals surface area contributed by atoms with Gasteiger partial charge in [0.05, 0.1) is 18.9 Å². The van der Waals surface area contributed by atoms with E-state index in [1.54, 1.807) is 34.4 Å². The number of carboxylic acid groups (broad SMARTS) is 1. The number of allylic oxidation sites excluding steroid dienone is 2. The van der Waals surface area contributed by atoms with Crippen molar-refractivity contribution in [2.75, 3.05) is 25.5 Å². The molecule has 1 aromatic heterocycles. The molecule has 214 valence electrons. The summed E-state index contributed by atoms with van der Waals surface area (Å²) < 4.78 is 41.9. The third-order valence-electron chi connectivity index (χ3n) is 7.92. The number of alkyl halides is 2. The number of nitrogen functional groups attached to an aromatic ring is 1. The van der Waals surface area contributed by atoms with Gasteiger partial charge in [0.25, 0.3) is 5.66 Å². The first-order valence-corrected chi connectivity index (χ1v) is 14.1. The number of nitrogens with zero attached hydrogens (tertiary/aromatic N) is 2. The molecule has 2 aromatic rings. The summed E-state index contributed by atoms with van der Waals surface area (Å²) in [6, 6.07) is 4.19. The summed E-state index contributed by atoms with van der Waals surface area (Å²) in [5.41, 5.74) is 6.05. The highest BCUT2D eigenvalue weighted by atomic mass is 35.5. The topological polar surface area (TPSA) is 120 Å². The van der Waals surface area contributed by atoms with Gasteiger partial charge in [-0.05, 0) is 73.3 Å². The molecular weight excluding hydrogens is 561 g/mol. The van der Waals surface area contributed by atoms with Crippen molar-refractivity contribution in [1.82, 2.24) is 15.3 Å². The molecule has 0 bridgehead atoms. The van der Waals surface area contributed by atoms with Gasteiger partial charge in [0.1, 0.15) is 6.04 Å². The summed E-state index contributed by atoms with van der Waals surface area (Å²) in [5, 5.41) is 12.9. The van der Waals surface area contributed by atoms with Gasteiger partial charge >= 0.3 is 5.97 Å². The van der Waals surface area contributed by atoms with Gasteiger partial charge in [-0.1, -0.05) is 39.1 Å². The molecule has 3 aliphatic rings. The van der Waals surface area contributed by atoms with Gasteiger partial charge < -0.3 is 25.6 Å². The molecule has 2 aliphatic heterocycles. The Hall–Kier alpha value is -2.65. The van der Waals surface area contributed by atoms with E-state index in [9.17, 15) is 9.90 Å². The molecule has 0 amide bonds. The predicted molar refractivity (Wildman–Crippen MR) is 152 cm³/mol. The van der Waals surface area contributed by atoms with Gasteiger partial charge in [-0.15, -0.1) is 0 Å². The Balaban J connectivity index is 1.47. The first-order chi connectivity index (χ1) is 19.0. The normalized spacial score (nSPS) is 24.0. The molecule has 40 heavy (non-hydrogen) atoms. The number of carboxylic acids is 1. The number of aliphatic carboxylic acids is 1. The number of rotatable bonds is 7. The van der Waals surface area contributed by atoms with E-state index >= 15 is 8.78 Å². The molecule has 1 aliphatic carbocycles. The van der Waals surface area contributed by atoms with Gasteiger partial charge in [-0.3, -0.25) is 4.79 Å². The number of hydrogen-bond donors (Lipinski definition) is 3. The lowest BCUT2D eigenvalue weighted by Crippen LogP contribution is -2.30. The lowest BCUT2D eigenvalue weighted by atomic mass is 9.73. The number of hydrogen-bond acceptors (Lipinski definition) is 7. The quantitative estimate of drug-likeness (QED) is 0.365. The number of carbonyl (C=O) groups is 1.